The molecular weight excluding hydrogens is 394 g/mol. The molecule has 0 unspecified atom stereocenters. The van der Waals surface area contributed by atoms with Crippen LogP contribution in [0.15, 0.2) is 26.7 Å². The van der Waals surface area contributed by atoms with Crippen LogP contribution in [0.3, 0.4) is 0 Å². The Morgan fingerprint density at radius 2 is 1.86 bits per heavy atom. The lowest BCUT2D eigenvalue weighted by Crippen LogP contribution is -2.19. The minimum absolute atomic E-state index is 0.526. The van der Waals surface area contributed by atoms with Crippen molar-refractivity contribution >= 4 is 37.9 Å². The fourth-order valence-electron chi connectivity index (χ4n) is 1.99. The second-order valence-electron chi connectivity index (χ2n) is 5.30. The largest absolute Gasteiger partial charge is 0.492 e. The van der Waals surface area contributed by atoms with E-state index in [1.165, 1.54) is 11.1 Å². The maximum Gasteiger partial charge on any atom is 0.147 e. The van der Waals surface area contributed by atoms with Crippen LogP contribution < -0.4 is 10.1 Å². The molecule has 1 aromatic rings. The number of halogens is 2. The Balaban J connectivity index is 2.99. The zero-order valence-electron chi connectivity index (χ0n) is 13.3. The van der Waals surface area contributed by atoms with E-state index in [9.17, 15) is 0 Å². The van der Waals surface area contributed by atoms with Crippen LogP contribution in [-0.2, 0) is 0 Å². The van der Waals surface area contributed by atoms with Crippen LogP contribution in [-0.4, -0.2) is 19.7 Å². The normalized spacial score (nSPS) is 12.0. The number of rotatable bonds is 8. The maximum absolute atomic E-state index is 5.63. The van der Waals surface area contributed by atoms with E-state index < -0.39 is 0 Å². The zero-order valence-corrected chi connectivity index (χ0v) is 16.5. The van der Waals surface area contributed by atoms with Gasteiger partial charge in [-0.3, -0.25) is 0 Å². The molecule has 0 fully saturated rings. The first-order valence-electron chi connectivity index (χ1n) is 7.52. The first kappa shape index (κ1) is 18.7. The summed E-state index contributed by atoms with van der Waals surface area (Å²) in [6, 6.07) is 4.22. The maximum atomic E-state index is 5.63. The molecule has 0 radical (unpaired) electrons. The number of hydrogen-bond donors (Lipinski definition) is 1. The van der Waals surface area contributed by atoms with Crippen molar-refractivity contribution in [2.75, 3.05) is 19.7 Å². The van der Waals surface area contributed by atoms with Gasteiger partial charge in [0.05, 0.1) is 15.6 Å². The van der Waals surface area contributed by atoms with Gasteiger partial charge in [-0.05, 0) is 75.4 Å². The van der Waals surface area contributed by atoms with Crippen molar-refractivity contribution < 1.29 is 4.74 Å². The molecule has 0 aromatic heterocycles. The monoisotopic (exact) mass is 417 g/mol. The van der Waals surface area contributed by atoms with Gasteiger partial charge in [-0.15, -0.1) is 0 Å². The van der Waals surface area contributed by atoms with E-state index in [1.54, 1.807) is 0 Å². The lowest BCUT2D eigenvalue weighted by atomic mass is 10.00. The molecule has 1 N–H and O–H groups in total. The van der Waals surface area contributed by atoms with E-state index in [4.69, 9.17) is 4.74 Å². The van der Waals surface area contributed by atoms with Gasteiger partial charge in [0.2, 0.25) is 0 Å². The molecule has 0 aliphatic rings. The topological polar surface area (TPSA) is 21.3 Å². The Labute approximate surface area is 145 Å². The molecule has 2 nitrogen and oxygen atoms in total. The van der Waals surface area contributed by atoms with Crippen LogP contribution in [0.4, 0.5) is 0 Å². The third kappa shape index (κ3) is 6.13. The Morgan fingerprint density at radius 3 is 2.33 bits per heavy atom. The zero-order chi connectivity index (χ0) is 15.8. The third-order valence-corrected chi connectivity index (χ3v) is 4.34. The van der Waals surface area contributed by atoms with Crippen molar-refractivity contribution in [3.63, 3.8) is 0 Å². The molecule has 0 saturated heterocycles. The Bertz CT molecular complexity index is 461. The number of nitrogens with one attached hydrogen (secondary N) is 1. The molecule has 4 heteroatoms. The summed E-state index contributed by atoms with van der Waals surface area (Å²) in [5.74, 6) is 1.39. The summed E-state index contributed by atoms with van der Waals surface area (Å²) in [4.78, 5) is 0. The molecule has 0 saturated carbocycles. The van der Waals surface area contributed by atoms with Gasteiger partial charge in [-0.1, -0.05) is 32.4 Å². The summed E-state index contributed by atoms with van der Waals surface area (Å²) < 4.78 is 7.59. The molecule has 1 aromatic carbocycles. The number of benzene rings is 1. The van der Waals surface area contributed by atoms with Crippen LogP contribution in [0.25, 0.3) is 6.08 Å². The summed E-state index contributed by atoms with van der Waals surface area (Å²) in [6.45, 7) is 11.3. The Kier molecular flexibility index (Phi) is 8.60. The van der Waals surface area contributed by atoms with Crippen LogP contribution in [0, 0.1) is 5.92 Å². The molecule has 1 rings (SSSR count). The van der Waals surface area contributed by atoms with Crippen molar-refractivity contribution in [3.05, 3.63) is 32.2 Å². The van der Waals surface area contributed by atoms with Gasteiger partial charge >= 0.3 is 0 Å². The SMILES string of the molecule is CCCNCC(=Cc1cc(Br)c(OCC)c(Br)c1)C(C)C. The average molecular weight is 419 g/mol. The summed E-state index contributed by atoms with van der Waals surface area (Å²) in [5.41, 5.74) is 2.59. The Morgan fingerprint density at radius 1 is 1.24 bits per heavy atom. The highest BCUT2D eigenvalue weighted by Gasteiger charge is 2.09. The summed E-state index contributed by atoms with van der Waals surface area (Å²) in [5, 5.41) is 3.48. The molecular formula is C17H25Br2NO. The fraction of sp³-hybridized carbons (Fsp3) is 0.529. The average Bonchev–Trinajstić information content (AvgIpc) is 2.42. The van der Waals surface area contributed by atoms with Gasteiger partial charge in [-0.2, -0.15) is 0 Å². The standard InChI is InChI=1S/C17H25Br2NO/c1-5-7-20-11-14(12(3)4)8-13-9-15(18)17(21-6-2)16(19)10-13/h8-10,12,20H,5-7,11H2,1-4H3. The van der Waals surface area contributed by atoms with Crippen LogP contribution in [0.5, 0.6) is 5.75 Å². The molecule has 0 amide bonds. The van der Waals surface area contributed by atoms with E-state index >= 15 is 0 Å². The van der Waals surface area contributed by atoms with Gasteiger partial charge < -0.3 is 10.1 Å². The lowest BCUT2D eigenvalue weighted by Gasteiger charge is -2.14. The number of hydrogen-bond acceptors (Lipinski definition) is 2. The quantitative estimate of drug-likeness (QED) is 0.550. The van der Waals surface area contributed by atoms with Crippen molar-refractivity contribution in [3.8, 4) is 5.75 Å². The predicted molar refractivity (Wildman–Crippen MR) is 99.0 cm³/mol. The molecule has 118 valence electrons. The van der Waals surface area contributed by atoms with Gasteiger partial charge in [-0.25, -0.2) is 0 Å². The number of ether oxygens (including phenoxy) is 1. The van der Waals surface area contributed by atoms with E-state index in [1.807, 2.05) is 6.92 Å². The second kappa shape index (κ2) is 9.65. The summed E-state index contributed by atoms with van der Waals surface area (Å²) in [6.07, 6.45) is 3.42. The lowest BCUT2D eigenvalue weighted by molar-refractivity contribution is 0.336. The molecule has 0 spiro atoms. The van der Waals surface area contributed by atoms with E-state index in [-0.39, 0.29) is 0 Å². The first-order valence-corrected chi connectivity index (χ1v) is 9.11. The van der Waals surface area contributed by atoms with Gasteiger partial charge in [0.25, 0.3) is 0 Å². The van der Waals surface area contributed by atoms with Gasteiger partial charge in [0, 0.05) is 6.54 Å². The summed E-state index contributed by atoms with van der Waals surface area (Å²) in [7, 11) is 0. The first-order chi connectivity index (χ1) is 9.99. The molecule has 21 heavy (non-hydrogen) atoms. The molecule has 0 atom stereocenters. The van der Waals surface area contributed by atoms with Crippen molar-refractivity contribution in [1.29, 1.82) is 0 Å². The molecule has 0 aliphatic carbocycles. The van der Waals surface area contributed by atoms with Crippen LogP contribution in [0.1, 0.15) is 39.7 Å². The predicted octanol–water partition coefficient (Wildman–Crippen LogP) is 5.65. The molecule has 0 heterocycles. The smallest absolute Gasteiger partial charge is 0.147 e. The molecule has 0 aliphatic heterocycles. The second-order valence-corrected chi connectivity index (χ2v) is 7.01. The minimum Gasteiger partial charge on any atom is -0.492 e. The Hall–Kier alpha value is -0.320. The highest BCUT2D eigenvalue weighted by atomic mass is 79.9. The highest BCUT2D eigenvalue weighted by molar-refractivity contribution is 9.11. The van der Waals surface area contributed by atoms with Crippen LogP contribution >= 0.6 is 31.9 Å². The third-order valence-electron chi connectivity index (χ3n) is 3.16. The van der Waals surface area contributed by atoms with Crippen LogP contribution in [0.2, 0.25) is 0 Å². The van der Waals surface area contributed by atoms with E-state index in [0.717, 1.165) is 34.2 Å². The van der Waals surface area contributed by atoms with Gasteiger partial charge in [0.1, 0.15) is 5.75 Å². The fourth-order valence-corrected chi connectivity index (χ4v) is 3.44. The highest BCUT2D eigenvalue weighted by Crippen LogP contribution is 2.35. The van der Waals surface area contributed by atoms with E-state index in [2.05, 4.69) is 76.2 Å². The minimum atomic E-state index is 0.526. The van der Waals surface area contributed by atoms with Crippen molar-refractivity contribution in [2.24, 2.45) is 5.92 Å². The molecule has 0 bridgehead atoms. The van der Waals surface area contributed by atoms with Gasteiger partial charge in [0.15, 0.2) is 0 Å². The summed E-state index contributed by atoms with van der Waals surface area (Å²) >= 11 is 7.18. The van der Waals surface area contributed by atoms with Crippen molar-refractivity contribution in [2.45, 2.75) is 34.1 Å². The van der Waals surface area contributed by atoms with E-state index in [0.29, 0.717) is 12.5 Å². The van der Waals surface area contributed by atoms with Crippen molar-refractivity contribution in [1.82, 2.24) is 5.32 Å².